The molecule has 1 fully saturated rings. The van der Waals surface area contributed by atoms with E-state index >= 15 is 0 Å². The summed E-state index contributed by atoms with van der Waals surface area (Å²) in [6.07, 6.45) is 2.63. The molecular formula is C17H26ClN3O3. The van der Waals surface area contributed by atoms with Gasteiger partial charge in [-0.25, -0.2) is 0 Å². The van der Waals surface area contributed by atoms with E-state index in [1.54, 1.807) is 31.4 Å². The predicted molar refractivity (Wildman–Crippen MR) is 95.8 cm³/mol. The molecule has 0 bridgehead atoms. The number of hydrogen-bond acceptors (Lipinski definition) is 4. The van der Waals surface area contributed by atoms with Crippen LogP contribution in [-0.2, 0) is 4.79 Å². The van der Waals surface area contributed by atoms with Crippen LogP contribution < -0.4 is 20.7 Å². The molecular weight excluding hydrogens is 330 g/mol. The highest BCUT2D eigenvalue weighted by Crippen LogP contribution is 2.14. The van der Waals surface area contributed by atoms with Crippen molar-refractivity contribution in [1.29, 1.82) is 0 Å². The predicted octanol–water partition coefficient (Wildman–Crippen LogP) is 1.35. The number of hydrogen-bond donors (Lipinski definition) is 3. The molecule has 1 aliphatic rings. The third-order valence-corrected chi connectivity index (χ3v) is 4.01. The third-order valence-electron chi connectivity index (χ3n) is 4.01. The maximum Gasteiger partial charge on any atom is 0.251 e. The Bertz CT molecular complexity index is 534. The van der Waals surface area contributed by atoms with Crippen LogP contribution >= 0.6 is 12.4 Å². The molecule has 0 spiro atoms. The first kappa shape index (κ1) is 20.3. The molecule has 1 atom stereocenters. The lowest BCUT2D eigenvalue weighted by Crippen LogP contribution is -2.34. The van der Waals surface area contributed by atoms with Crippen molar-refractivity contribution in [3.63, 3.8) is 0 Å². The minimum atomic E-state index is -0.171. The van der Waals surface area contributed by atoms with Crippen LogP contribution in [0.2, 0.25) is 0 Å². The minimum Gasteiger partial charge on any atom is -0.497 e. The van der Waals surface area contributed by atoms with Gasteiger partial charge in [-0.1, -0.05) is 6.07 Å². The van der Waals surface area contributed by atoms with Crippen molar-refractivity contribution in [3.05, 3.63) is 29.8 Å². The zero-order valence-electron chi connectivity index (χ0n) is 14.0. The molecule has 1 saturated heterocycles. The van der Waals surface area contributed by atoms with Gasteiger partial charge in [0.2, 0.25) is 5.91 Å². The lowest BCUT2D eigenvalue weighted by Gasteiger charge is -2.10. The number of halogens is 1. The highest BCUT2D eigenvalue weighted by atomic mass is 35.5. The monoisotopic (exact) mass is 355 g/mol. The standard InChI is InChI=1S/C17H25N3O3.ClH/c1-23-15-4-2-3-14(11-15)17(22)20-10-9-19-16(21)6-5-13-7-8-18-12-13;/h2-4,11,13,18H,5-10,12H2,1H3,(H,19,21)(H,20,22);1H. The maximum atomic E-state index is 12.0. The number of benzene rings is 1. The summed E-state index contributed by atoms with van der Waals surface area (Å²) >= 11 is 0. The molecule has 134 valence electrons. The normalized spacial score (nSPS) is 16.1. The number of methoxy groups -OCH3 is 1. The summed E-state index contributed by atoms with van der Waals surface area (Å²) in [7, 11) is 1.56. The Morgan fingerprint density at radius 2 is 2.08 bits per heavy atom. The van der Waals surface area contributed by atoms with Crippen molar-refractivity contribution >= 4 is 24.2 Å². The summed E-state index contributed by atoms with van der Waals surface area (Å²) in [5, 5.41) is 8.92. The molecule has 24 heavy (non-hydrogen) atoms. The van der Waals surface area contributed by atoms with E-state index in [2.05, 4.69) is 16.0 Å². The Morgan fingerprint density at radius 3 is 2.79 bits per heavy atom. The second-order valence-electron chi connectivity index (χ2n) is 5.74. The fraction of sp³-hybridized carbons (Fsp3) is 0.529. The molecule has 7 heteroatoms. The van der Waals surface area contributed by atoms with Crippen LogP contribution in [-0.4, -0.2) is 45.1 Å². The Morgan fingerprint density at radius 1 is 1.29 bits per heavy atom. The molecule has 2 rings (SSSR count). The van der Waals surface area contributed by atoms with E-state index in [1.807, 2.05) is 0 Å². The molecule has 1 aromatic rings. The van der Waals surface area contributed by atoms with Gasteiger partial charge in [-0.05, 0) is 50.0 Å². The number of carbonyl (C=O) groups excluding carboxylic acids is 2. The van der Waals surface area contributed by atoms with Crippen molar-refractivity contribution in [2.24, 2.45) is 5.92 Å². The molecule has 0 radical (unpaired) electrons. The fourth-order valence-electron chi connectivity index (χ4n) is 2.63. The number of ether oxygens (including phenoxy) is 1. The Kier molecular flexibility index (Phi) is 9.19. The summed E-state index contributed by atoms with van der Waals surface area (Å²) in [5.41, 5.74) is 0.546. The lowest BCUT2D eigenvalue weighted by molar-refractivity contribution is -0.121. The van der Waals surface area contributed by atoms with Crippen LogP contribution in [0.1, 0.15) is 29.6 Å². The van der Waals surface area contributed by atoms with Crippen molar-refractivity contribution in [1.82, 2.24) is 16.0 Å². The highest BCUT2D eigenvalue weighted by Gasteiger charge is 2.15. The van der Waals surface area contributed by atoms with Crippen LogP contribution in [0.25, 0.3) is 0 Å². The van der Waals surface area contributed by atoms with Gasteiger partial charge in [0.15, 0.2) is 0 Å². The molecule has 2 amide bonds. The van der Waals surface area contributed by atoms with Gasteiger partial charge < -0.3 is 20.7 Å². The third kappa shape index (κ3) is 6.76. The molecule has 3 N–H and O–H groups in total. The molecule has 1 heterocycles. The van der Waals surface area contributed by atoms with Gasteiger partial charge in [0, 0.05) is 25.1 Å². The van der Waals surface area contributed by atoms with E-state index < -0.39 is 0 Å². The maximum absolute atomic E-state index is 12.0. The minimum absolute atomic E-state index is 0. The summed E-state index contributed by atoms with van der Waals surface area (Å²) in [6.45, 7) is 2.93. The highest BCUT2D eigenvalue weighted by molar-refractivity contribution is 5.94. The van der Waals surface area contributed by atoms with Gasteiger partial charge in [-0.2, -0.15) is 0 Å². The van der Waals surface area contributed by atoms with E-state index in [0.717, 1.165) is 25.9 Å². The molecule has 0 aromatic heterocycles. The van der Waals surface area contributed by atoms with Crippen molar-refractivity contribution in [2.75, 3.05) is 33.3 Å². The van der Waals surface area contributed by atoms with Gasteiger partial charge >= 0.3 is 0 Å². The Hall–Kier alpha value is -1.79. The number of amides is 2. The SMILES string of the molecule is COc1cccc(C(=O)NCCNC(=O)CCC2CCNC2)c1.Cl. The van der Waals surface area contributed by atoms with Crippen molar-refractivity contribution < 1.29 is 14.3 Å². The zero-order valence-corrected chi connectivity index (χ0v) is 14.8. The number of nitrogens with one attached hydrogen (secondary N) is 3. The van der Waals surface area contributed by atoms with E-state index in [4.69, 9.17) is 4.74 Å². The Labute approximate surface area is 149 Å². The second kappa shape index (κ2) is 10.9. The van der Waals surface area contributed by atoms with E-state index in [9.17, 15) is 9.59 Å². The number of carbonyl (C=O) groups is 2. The molecule has 1 aromatic carbocycles. The summed E-state index contributed by atoms with van der Waals surface area (Å²) in [6, 6.07) is 6.97. The molecule has 0 saturated carbocycles. The number of rotatable bonds is 8. The fourth-order valence-corrected chi connectivity index (χ4v) is 2.63. The van der Waals surface area contributed by atoms with Crippen LogP contribution in [0, 0.1) is 5.92 Å². The smallest absolute Gasteiger partial charge is 0.251 e. The van der Waals surface area contributed by atoms with Crippen LogP contribution in [0.15, 0.2) is 24.3 Å². The van der Waals surface area contributed by atoms with Crippen LogP contribution in [0.5, 0.6) is 5.75 Å². The molecule has 6 nitrogen and oxygen atoms in total. The summed E-state index contributed by atoms with van der Waals surface area (Å²) in [5.74, 6) is 1.14. The average molecular weight is 356 g/mol. The van der Waals surface area contributed by atoms with E-state index in [1.165, 1.54) is 0 Å². The van der Waals surface area contributed by atoms with Crippen LogP contribution in [0.3, 0.4) is 0 Å². The largest absolute Gasteiger partial charge is 0.497 e. The van der Waals surface area contributed by atoms with E-state index in [-0.39, 0.29) is 24.2 Å². The quantitative estimate of drug-likeness (QED) is 0.615. The Balaban J connectivity index is 0.00000288. The van der Waals surface area contributed by atoms with Gasteiger partial charge in [0.1, 0.15) is 5.75 Å². The summed E-state index contributed by atoms with van der Waals surface area (Å²) < 4.78 is 5.09. The summed E-state index contributed by atoms with van der Waals surface area (Å²) in [4.78, 5) is 23.7. The molecule has 1 aliphatic heterocycles. The van der Waals surface area contributed by atoms with Crippen LogP contribution in [0.4, 0.5) is 0 Å². The first-order valence-corrected chi connectivity index (χ1v) is 8.08. The molecule has 0 aliphatic carbocycles. The molecule has 1 unspecified atom stereocenters. The first-order chi connectivity index (χ1) is 11.2. The first-order valence-electron chi connectivity index (χ1n) is 8.08. The van der Waals surface area contributed by atoms with Crippen molar-refractivity contribution in [3.8, 4) is 5.75 Å². The average Bonchev–Trinajstić information content (AvgIpc) is 3.10. The van der Waals surface area contributed by atoms with Crippen molar-refractivity contribution in [2.45, 2.75) is 19.3 Å². The van der Waals surface area contributed by atoms with Gasteiger partial charge in [-0.15, -0.1) is 12.4 Å². The van der Waals surface area contributed by atoms with E-state index in [0.29, 0.717) is 36.7 Å². The van der Waals surface area contributed by atoms with Gasteiger partial charge in [0.25, 0.3) is 5.91 Å². The van der Waals surface area contributed by atoms with Gasteiger partial charge in [-0.3, -0.25) is 9.59 Å². The topological polar surface area (TPSA) is 79.5 Å². The lowest BCUT2D eigenvalue weighted by atomic mass is 10.0. The zero-order chi connectivity index (χ0) is 16.5. The second-order valence-corrected chi connectivity index (χ2v) is 5.74. The van der Waals surface area contributed by atoms with Gasteiger partial charge in [0.05, 0.1) is 7.11 Å².